The van der Waals surface area contributed by atoms with E-state index in [1.165, 1.54) is 10.8 Å². The number of nitrogens with one attached hydrogen (secondary N) is 2. The zero-order valence-electron chi connectivity index (χ0n) is 17.4. The fraction of sp³-hybridized carbons (Fsp3) is 0.400. The van der Waals surface area contributed by atoms with E-state index >= 15 is 0 Å². The Morgan fingerprint density at radius 3 is 2.74 bits per heavy atom. The average Bonchev–Trinajstić information content (AvgIpc) is 3.41. The highest BCUT2D eigenvalue weighted by Gasteiger charge is 2.30. The molecule has 1 saturated carbocycles. The van der Waals surface area contributed by atoms with Gasteiger partial charge in [0.25, 0.3) is 11.5 Å². The number of hydrogen-bond donors (Lipinski definition) is 3. The molecule has 1 aliphatic rings. The van der Waals surface area contributed by atoms with Gasteiger partial charge in [0.05, 0.1) is 0 Å². The third kappa shape index (κ3) is 4.18. The van der Waals surface area contributed by atoms with Crippen LogP contribution in [0.1, 0.15) is 49.8 Å². The van der Waals surface area contributed by atoms with Gasteiger partial charge in [-0.1, -0.05) is 20.8 Å². The molecule has 0 aromatic carbocycles. The third-order valence-corrected chi connectivity index (χ3v) is 4.63. The lowest BCUT2D eigenvalue weighted by atomic mass is 9.97. The molecule has 1 fully saturated rings. The van der Waals surface area contributed by atoms with Gasteiger partial charge in [-0.15, -0.1) is 5.10 Å². The monoisotopic (exact) mass is 422 g/mol. The highest BCUT2D eigenvalue weighted by molar-refractivity contribution is 5.96. The van der Waals surface area contributed by atoms with Crippen LogP contribution in [-0.4, -0.2) is 41.2 Å². The second kappa shape index (κ2) is 7.39. The third-order valence-electron chi connectivity index (χ3n) is 4.63. The van der Waals surface area contributed by atoms with Crippen molar-refractivity contribution in [1.82, 2.24) is 29.5 Å². The number of fused-ring (bicyclic) bond motifs is 1. The summed E-state index contributed by atoms with van der Waals surface area (Å²) in [5, 5.41) is 29.7. The largest absolute Gasteiger partial charge is 0.492 e. The number of aromatic hydroxyl groups is 1. The van der Waals surface area contributed by atoms with Crippen LogP contribution in [0, 0.1) is 16.7 Å². The van der Waals surface area contributed by atoms with Gasteiger partial charge in [0.2, 0.25) is 11.7 Å². The number of amides is 1. The van der Waals surface area contributed by atoms with Crippen molar-refractivity contribution in [3.05, 3.63) is 40.1 Å². The van der Waals surface area contributed by atoms with Crippen molar-refractivity contribution < 1.29 is 9.90 Å². The van der Waals surface area contributed by atoms with Gasteiger partial charge in [-0.2, -0.15) is 9.78 Å². The topological polar surface area (TPSA) is 150 Å². The van der Waals surface area contributed by atoms with Crippen molar-refractivity contribution in [3.63, 3.8) is 0 Å². The van der Waals surface area contributed by atoms with Crippen LogP contribution < -0.4 is 16.2 Å². The summed E-state index contributed by atoms with van der Waals surface area (Å²) in [6.45, 7) is 6.20. The van der Waals surface area contributed by atoms with E-state index < -0.39 is 17.3 Å². The first kappa shape index (κ1) is 20.3. The van der Waals surface area contributed by atoms with Crippen LogP contribution in [0.15, 0.2) is 23.1 Å². The highest BCUT2D eigenvalue weighted by Crippen LogP contribution is 2.25. The Bertz CT molecular complexity index is 1270. The van der Waals surface area contributed by atoms with Crippen LogP contribution in [0.5, 0.6) is 5.88 Å². The van der Waals surface area contributed by atoms with Crippen LogP contribution in [0.25, 0.3) is 5.65 Å². The second-order valence-corrected chi connectivity index (χ2v) is 8.70. The van der Waals surface area contributed by atoms with Crippen LogP contribution >= 0.6 is 0 Å². The molecule has 31 heavy (non-hydrogen) atoms. The average molecular weight is 422 g/mol. The van der Waals surface area contributed by atoms with E-state index in [9.17, 15) is 14.7 Å². The predicted octanol–water partition coefficient (Wildman–Crippen LogP) is 1.55. The van der Waals surface area contributed by atoms with Crippen molar-refractivity contribution in [2.45, 2.75) is 46.2 Å². The van der Waals surface area contributed by atoms with Crippen LogP contribution in [0.3, 0.4) is 0 Å². The molecule has 4 rings (SSSR count). The molecule has 3 aromatic rings. The normalized spacial score (nSPS) is 13.7. The SMILES string of the molecule is CC(C)(C)Cn1c(=O)c(C(=O)NC2CC2)c(O)n2nc(Nc3ccnc(C#N)n3)cc12. The maximum atomic E-state index is 13.2. The first-order chi connectivity index (χ1) is 14.7. The maximum absolute atomic E-state index is 13.2. The minimum absolute atomic E-state index is 0.0136. The lowest BCUT2D eigenvalue weighted by Crippen LogP contribution is -2.37. The lowest BCUT2D eigenvalue weighted by Gasteiger charge is -2.21. The molecule has 0 atom stereocenters. The molecule has 3 heterocycles. The van der Waals surface area contributed by atoms with Gasteiger partial charge in [-0.3, -0.25) is 14.2 Å². The number of anilines is 2. The summed E-state index contributed by atoms with van der Waals surface area (Å²) in [7, 11) is 0. The molecular weight excluding hydrogens is 400 g/mol. The Labute approximate surface area is 177 Å². The Hall–Kier alpha value is -3.94. The van der Waals surface area contributed by atoms with Crippen molar-refractivity contribution in [2.75, 3.05) is 5.32 Å². The van der Waals surface area contributed by atoms with Gasteiger partial charge in [0.15, 0.2) is 11.4 Å². The first-order valence-corrected chi connectivity index (χ1v) is 9.83. The number of carbonyl (C=O) groups is 1. The zero-order chi connectivity index (χ0) is 22.3. The maximum Gasteiger partial charge on any atom is 0.270 e. The Morgan fingerprint density at radius 2 is 2.10 bits per heavy atom. The molecule has 0 bridgehead atoms. The van der Waals surface area contributed by atoms with Crippen LogP contribution in [-0.2, 0) is 6.54 Å². The Morgan fingerprint density at radius 1 is 1.35 bits per heavy atom. The summed E-state index contributed by atoms with van der Waals surface area (Å²) in [4.78, 5) is 33.7. The van der Waals surface area contributed by atoms with E-state index in [0.29, 0.717) is 18.0 Å². The molecule has 1 amide bonds. The van der Waals surface area contributed by atoms with Crippen molar-refractivity contribution in [2.24, 2.45) is 5.41 Å². The summed E-state index contributed by atoms with van der Waals surface area (Å²) in [5.41, 5.74) is -0.888. The quantitative estimate of drug-likeness (QED) is 0.560. The van der Waals surface area contributed by atoms with E-state index in [-0.39, 0.29) is 28.7 Å². The number of rotatable bonds is 5. The van der Waals surface area contributed by atoms with Crippen molar-refractivity contribution >= 4 is 23.2 Å². The molecule has 0 spiro atoms. The highest BCUT2D eigenvalue weighted by atomic mass is 16.3. The molecule has 1 aliphatic carbocycles. The second-order valence-electron chi connectivity index (χ2n) is 8.70. The minimum atomic E-state index is -0.617. The van der Waals surface area contributed by atoms with Crippen LogP contribution in [0.2, 0.25) is 0 Å². The molecule has 11 nitrogen and oxygen atoms in total. The van der Waals surface area contributed by atoms with Gasteiger partial charge < -0.3 is 15.7 Å². The lowest BCUT2D eigenvalue weighted by molar-refractivity contribution is 0.0944. The molecule has 0 saturated heterocycles. The fourth-order valence-electron chi connectivity index (χ4n) is 3.15. The minimum Gasteiger partial charge on any atom is -0.492 e. The van der Waals surface area contributed by atoms with E-state index in [4.69, 9.17) is 5.26 Å². The number of nitriles is 1. The van der Waals surface area contributed by atoms with Crippen molar-refractivity contribution in [1.29, 1.82) is 5.26 Å². The predicted molar refractivity (Wildman–Crippen MR) is 111 cm³/mol. The van der Waals surface area contributed by atoms with Crippen molar-refractivity contribution in [3.8, 4) is 11.9 Å². The number of aromatic nitrogens is 5. The standard InChI is InChI=1S/C20H22N8O3/c1-20(2,3)10-27-15-8-13(24-12-6-7-22-14(9-21)25-12)26-28(15)19(31)16(18(27)30)17(29)23-11-4-5-11/h6-8,11,31H,4-5,10H2,1-3H3,(H,23,29)(H,22,24,25,26). The molecule has 0 radical (unpaired) electrons. The van der Waals surface area contributed by atoms with Gasteiger partial charge in [0.1, 0.15) is 17.5 Å². The number of carbonyl (C=O) groups excluding carboxylic acids is 1. The summed E-state index contributed by atoms with van der Waals surface area (Å²) < 4.78 is 2.59. The summed E-state index contributed by atoms with van der Waals surface area (Å²) in [5.74, 6) is -0.559. The number of nitrogens with zero attached hydrogens (tertiary/aromatic N) is 6. The Kier molecular flexibility index (Phi) is 4.85. The van der Waals surface area contributed by atoms with Gasteiger partial charge in [-0.25, -0.2) is 9.97 Å². The summed E-state index contributed by atoms with van der Waals surface area (Å²) >= 11 is 0. The molecule has 160 valence electrons. The van der Waals surface area contributed by atoms with E-state index in [2.05, 4.69) is 25.7 Å². The summed E-state index contributed by atoms with van der Waals surface area (Å²) in [6.07, 6.45) is 3.13. The smallest absolute Gasteiger partial charge is 0.270 e. The fourth-order valence-corrected chi connectivity index (χ4v) is 3.15. The molecule has 0 unspecified atom stereocenters. The van der Waals surface area contributed by atoms with Gasteiger partial charge in [-0.05, 0) is 24.3 Å². The zero-order valence-corrected chi connectivity index (χ0v) is 17.4. The van der Waals surface area contributed by atoms with Gasteiger partial charge in [0, 0.05) is 24.8 Å². The van der Waals surface area contributed by atoms with E-state index in [0.717, 1.165) is 17.4 Å². The molecule has 11 heteroatoms. The summed E-state index contributed by atoms with van der Waals surface area (Å²) in [6, 6.07) is 5.01. The Balaban J connectivity index is 1.84. The molecule has 0 aliphatic heterocycles. The van der Waals surface area contributed by atoms with E-state index in [1.54, 1.807) is 12.1 Å². The van der Waals surface area contributed by atoms with Crippen LogP contribution in [0.4, 0.5) is 11.6 Å². The molecular formula is C20H22N8O3. The number of hydrogen-bond acceptors (Lipinski definition) is 8. The van der Waals surface area contributed by atoms with E-state index in [1.807, 2.05) is 26.8 Å². The van der Waals surface area contributed by atoms with Gasteiger partial charge >= 0.3 is 0 Å². The first-order valence-electron chi connectivity index (χ1n) is 9.83. The molecule has 3 N–H and O–H groups in total. The molecule has 3 aromatic heterocycles.